The third-order valence-electron chi connectivity index (χ3n) is 12.7. The first-order valence-electron chi connectivity index (χ1n) is 20.1. The Morgan fingerprint density at radius 3 is 1.00 bits per heavy atom. The summed E-state index contributed by atoms with van der Waals surface area (Å²) < 4.78 is 0. The maximum absolute atomic E-state index is 5.36. The summed E-state index contributed by atoms with van der Waals surface area (Å²) in [6.07, 6.45) is 8.62. The molecule has 0 bridgehead atoms. The number of anilines is 2. The number of guanidine groups is 2. The van der Waals surface area contributed by atoms with Crippen molar-refractivity contribution in [1.29, 1.82) is 0 Å². The molecule has 0 atom stereocenters. The number of nitrogens with one attached hydrogen (secondary N) is 4. The highest BCUT2D eigenvalue weighted by atomic mass is 15.5. The number of nitrogens with zero attached hydrogens (tertiary/aromatic N) is 2. The van der Waals surface area contributed by atoms with E-state index in [4.69, 9.17) is 9.98 Å². The van der Waals surface area contributed by atoms with Gasteiger partial charge in [-0.2, -0.15) is 0 Å². The molecule has 0 spiro atoms. The number of rotatable bonds is 4. The van der Waals surface area contributed by atoms with E-state index < -0.39 is 0 Å². The monoisotopic (exact) mass is 724 g/mol. The molecule has 4 aliphatic carbocycles. The van der Waals surface area contributed by atoms with E-state index >= 15 is 0 Å². The van der Waals surface area contributed by atoms with Crippen molar-refractivity contribution >= 4 is 77.8 Å². The van der Waals surface area contributed by atoms with Gasteiger partial charge in [0, 0.05) is 32.9 Å². The molecule has 6 heteroatoms. The standard InChI is InChI=1S/C50H40N6/c1-5-29-13-17-33-21-25-41(37(9-1)45(29)33)51-49(52-42-26-22-34-18-14-30-6-2-10-38(42)46(30)34)55-56-50(53-43-27-23-35-19-15-31-7-3-11-39(43)47(31)35)54-44-28-24-36-20-16-32-8-4-12-40(44)48(32)36/h1-12,21-28H,13-20H2,(H2,51,52,55)(H2,53,54,56). The first kappa shape index (κ1) is 31.7. The summed E-state index contributed by atoms with van der Waals surface area (Å²) in [4.78, 5) is 10.7. The molecule has 0 saturated heterocycles. The van der Waals surface area contributed by atoms with Gasteiger partial charge >= 0.3 is 0 Å². The number of aryl methyl sites for hydroxylation is 8. The summed E-state index contributed by atoms with van der Waals surface area (Å²) >= 11 is 0. The van der Waals surface area contributed by atoms with Crippen LogP contribution in [0.1, 0.15) is 44.5 Å². The van der Waals surface area contributed by atoms with Crippen LogP contribution in [0.25, 0.3) is 43.1 Å². The normalized spacial score (nSPS) is 15.1. The highest BCUT2D eigenvalue weighted by Crippen LogP contribution is 2.40. The third-order valence-corrected chi connectivity index (χ3v) is 12.7. The number of hydrazine groups is 1. The van der Waals surface area contributed by atoms with E-state index in [-0.39, 0.29) is 0 Å². The van der Waals surface area contributed by atoms with Crippen LogP contribution in [0.4, 0.5) is 22.7 Å². The van der Waals surface area contributed by atoms with Gasteiger partial charge in [-0.15, -0.1) is 0 Å². The average Bonchev–Trinajstić information content (AvgIpc) is 4.05. The Hall–Kier alpha value is -6.66. The molecule has 0 aliphatic heterocycles. The summed E-state index contributed by atoms with van der Waals surface area (Å²) in [5.41, 5.74) is 22.2. The molecule has 270 valence electrons. The minimum Gasteiger partial charge on any atom is -0.324 e. The van der Waals surface area contributed by atoms with Crippen LogP contribution in [-0.4, -0.2) is 11.9 Å². The zero-order chi connectivity index (χ0) is 36.7. The Labute approximate surface area is 325 Å². The zero-order valence-corrected chi connectivity index (χ0v) is 31.1. The second-order valence-corrected chi connectivity index (χ2v) is 15.8. The summed E-state index contributed by atoms with van der Waals surface area (Å²) in [5.74, 6) is 1.16. The fourth-order valence-corrected chi connectivity index (χ4v) is 10.2. The quantitative estimate of drug-likeness (QED) is 0.0828. The molecule has 8 aromatic rings. The Morgan fingerprint density at radius 1 is 0.321 bits per heavy atom. The second kappa shape index (κ2) is 12.4. The lowest BCUT2D eigenvalue weighted by Crippen LogP contribution is -2.47. The first-order chi connectivity index (χ1) is 27.7. The van der Waals surface area contributed by atoms with Crippen molar-refractivity contribution < 1.29 is 0 Å². The van der Waals surface area contributed by atoms with E-state index in [2.05, 4.69) is 143 Å². The fourth-order valence-electron chi connectivity index (χ4n) is 10.2. The minimum atomic E-state index is 0.581. The average molecular weight is 725 g/mol. The van der Waals surface area contributed by atoms with E-state index in [1.807, 2.05) is 0 Å². The molecular weight excluding hydrogens is 685 g/mol. The van der Waals surface area contributed by atoms with Crippen LogP contribution in [0.15, 0.2) is 131 Å². The van der Waals surface area contributed by atoms with Gasteiger partial charge in [0.2, 0.25) is 11.9 Å². The lowest BCUT2D eigenvalue weighted by molar-refractivity contribution is 0.858. The zero-order valence-electron chi connectivity index (χ0n) is 31.1. The Morgan fingerprint density at radius 2 is 0.625 bits per heavy atom. The van der Waals surface area contributed by atoms with Crippen molar-refractivity contribution in [3.63, 3.8) is 0 Å². The van der Waals surface area contributed by atoms with Gasteiger partial charge in [-0.25, -0.2) is 9.98 Å². The summed E-state index contributed by atoms with van der Waals surface area (Å²) in [6.45, 7) is 0. The third kappa shape index (κ3) is 5.02. The lowest BCUT2D eigenvalue weighted by atomic mass is 10.0. The van der Waals surface area contributed by atoms with Gasteiger partial charge in [-0.3, -0.25) is 10.9 Å². The Bertz CT molecular complexity index is 2800. The van der Waals surface area contributed by atoms with Crippen molar-refractivity contribution in [3.8, 4) is 0 Å². The summed E-state index contributed by atoms with van der Waals surface area (Å²) in [6, 6.07) is 44.3. The number of hydrogen-bond donors (Lipinski definition) is 4. The van der Waals surface area contributed by atoms with Crippen LogP contribution in [0.2, 0.25) is 0 Å². The maximum atomic E-state index is 5.36. The SMILES string of the molecule is c1cc2c3c(ccc(N=C(NNC(=Nc4ccc5c6c(cccc46)CC5)Nc4ccc5c6c(cccc46)CC5)Nc4ccc5c6c(cccc46)CC5)c3c1)CC2. The fraction of sp³-hybridized carbons (Fsp3) is 0.160. The van der Waals surface area contributed by atoms with Crippen LogP contribution >= 0.6 is 0 Å². The molecule has 0 radical (unpaired) electrons. The van der Waals surface area contributed by atoms with Crippen molar-refractivity contribution in [2.45, 2.75) is 51.4 Å². The number of aliphatic imine (C=N–C) groups is 2. The molecule has 0 saturated carbocycles. The molecule has 0 amide bonds. The van der Waals surface area contributed by atoms with Crippen LogP contribution in [0.3, 0.4) is 0 Å². The number of benzene rings is 8. The largest absolute Gasteiger partial charge is 0.324 e. The van der Waals surface area contributed by atoms with Crippen LogP contribution in [0, 0.1) is 0 Å². The molecule has 8 aromatic carbocycles. The topological polar surface area (TPSA) is 72.8 Å². The van der Waals surface area contributed by atoms with E-state index in [0.29, 0.717) is 11.9 Å². The van der Waals surface area contributed by atoms with Crippen LogP contribution in [0.5, 0.6) is 0 Å². The van der Waals surface area contributed by atoms with Crippen molar-refractivity contribution in [3.05, 3.63) is 166 Å². The van der Waals surface area contributed by atoms with Gasteiger partial charge in [0.25, 0.3) is 0 Å². The smallest absolute Gasteiger partial charge is 0.220 e. The molecule has 0 unspecified atom stereocenters. The van der Waals surface area contributed by atoms with E-state index in [0.717, 1.165) is 74.1 Å². The van der Waals surface area contributed by atoms with Crippen LogP contribution in [-0.2, 0) is 51.4 Å². The first-order valence-corrected chi connectivity index (χ1v) is 20.1. The highest BCUT2D eigenvalue weighted by molar-refractivity contribution is 6.11. The Kier molecular flexibility index (Phi) is 7.03. The van der Waals surface area contributed by atoms with Gasteiger partial charge < -0.3 is 10.6 Å². The molecule has 0 fully saturated rings. The van der Waals surface area contributed by atoms with Gasteiger partial charge in [0.15, 0.2) is 0 Å². The second-order valence-electron chi connectivity index (χ2n) is 15.8. The van der Waals surface area contributed by atoms with Gasteiger partial charge in [0.05, 0.1) is 11.4 Å². The van der Waals surface area contributed by atoms with Crippen molar-refractivity contribution in [2.75, 3.05) is 10.6 Å². The molecule has 4 N–H and O–H groups in total. The van der Waals surface area contributed by atoms with Gasteiger partial charge in [0.1, 0.15) is 0 Å². The van der Waals surface area contributed by atoms with E-state index in [1.54, 1.807) is 0 Å². The molecule has 6 nitrogen and oxygen atoms in total. The molecule has 56 heavy (non-hydrogen) atoms. The van der Waals surface area contributed by atoms with Gasteiger partial charge in [-0.1, -0.05) is 97.1 Å². The van der Waals surface area contributed by atoms with Crippen molar-refractivity contribution in [1.82, 2.24) is 10.9 Å². The van der Waals surface area contributed by atoms with Crippen molar-refractivity contribution in [2.24, 2.45) is 9.98 Å². The Balaban J connectivity index is 0.985. The molecule has 12 rings (SSSR count). The molecule has 0 heterocycles. The number of hydrogen-bond acceptors (Lipinski definition) is 2. The molecule has 0 aromatic heterocycles. The van der Waals surface area contributed by atoms with E-state index in [1.165, 1.54) is 87.6 Å². The predicted molar refractivity (Wildman–Crippen MR) is 233 cm³/mol. The van der Waals surface area contributed by atoms with Crippen LogP contribution < -0.4 is 21.5 Å². The minimum absolute atomic E-state index is 0.581. The summed E-state index contributed by atoms with van der Waals surface area (Å²) in [5, 5.41) is 17.7. The molecular formula is C50H40N6. The lowest BCUT2D eigenvalue weighted by Gasteiger charge is -2.19. The highest BCUT2D eigenvalue weighted by Gasteiger charge is 2.21. The maximum Gasteiger partial charge on any atom is 0.220 e. The predicted octanol–water partition coefficient (Wildman–Crippen LogP) is 10.7. The summed E-state index contributed by atoms with van der Waals surface area (Å²) in [7, 11) is 0. The van der Waals surface area contributed by atoms with E-state index in [9.17, 15) is 0 Å². The molecule has 4 aliphatic rings. The van der Waals surface area contributed by atoms with Gasteiger partial charge in [-0.05, 0) is 142 Å².